The van der Waals surface area contributed by atoms with E-state index in [-0.39, 0.29) is 5.91 Å². The molecule has 0 atom stereocenters. The smallest absolute Gasteiger partial charge is 0.265 e. The standard InChI is InChI=1S/C21H22ClN5OS/c1-13-12-18(25-15(3)23-13)26-8-10-27(11-9-26)21(28)19-14(2)24-20(29-19)16-4-6-17(22)7-5-16/h4-7,12H,8-11H2,1-3H3. The molecule has 3 heterocycles. The lowest BCUT2D eigenvalue weighted by Crippen LogP contribution is -2.49. The highest BCUT2D eigenvalue weighted by Crippen LogP contribution is 2.30. The molecule has 6 nitrogen and oxygen atoms in total. The fourth-order valence-electron chi connectivity index (χ4n) is 3.45. The van der Waals surface area contributed by atoms with Crippen molar-refractivity contribution in [2.75, 3.05) is 31.1 Å². The van der Waals surface area contributed by atoms with Crippen LogP contribution in [0.5, 0.6) is 0 Å². The molecule has 4 rings (SSSR count). The second-order valence-electron chi connectivity index (χ2n) is 7.13. The molecule has 1 aromatic carbocycles. The number of rotatable bonds is 3. The number of halogens is 1. The van der Waals surface area contributed by atoms with E-state index in [4.69, 9.17) is 11.6 Å². The predicted molar refractivity (Wildman–Crippen MR) is 117 cm³/mol. The van der Waals surface area contributed by atoms with Crippen molar-refractivity contribution in [2.24, 2.45) is 0 Å². The van der Waals surface area contributed by atoms with Crippen LogP contribution in [0.25, 0.3) is 10.6 Å². The largest absolute Gasteiger partial charge is 0.353 e. The maximum absolute atomic E-state index is 13.1. The Balaban J connectivity index is 1.46. The van der Waals surface area contributed by atoms with Gasteiger partial charge in [-0.2, -0.15) is 0 Å². The Morgan fingerprint density at radius 1 is 1.00 bits per heavy atom. The van der Waals surface area contributed by atoms with Gasteiger partial charge in [0.25, 0.3) is 5.91 Å². The Kier molecular flexibility index (Phi) is 5.52. The van der Waals surface area contributed by atoms with Crippen molar-refractivity contribution in [2.45, 2.75) is 20.8 Å². The van der Waals surface area contributed by atoms with Crippen molar-refractivity contribution in [1.82, 2.24) is 19.9 Å². The van der Waals surface area contributed by atoms with E-state index in [2.05, 4.69) is 19.9 Å². The van der Waals surface area contributed by atoms with Gasteiger partial charge in [-0.1, -0.05) is 23.7 Å². The highest BCUT2D eigenvalue weighted by Gasteiger charge is 2.26. The number of benzene rings is 1. The van der Waals surface area contributed by atoms with Gasteiger partial charge >= 0.3 is 0 Å². The highest BCUT2D eigenvalue weighted by atomic mass is 35.5. The molecule has 2 aromatic heterocycles. The quantitative estimate of drug-likeness (QED) is 0.628. The van der Waals surface area contributed by atoms with Crippen LogP contribution in [-0.4, -0.2) is 51.9 Å². The number of thiazole rings is 1. The van der Waals surface area contributed by atoms with E-state index in [0.29, 0.717) is 23.0 Å². The van der Waals surface area contributed by atoms with Crippen LogP contribution in [0.2, 0.25) is 5.02 Å². The third kappa shape index (κ3) is 4.26. The number of anilines is 1. The predicted octanol–water partition coefficient (Wildman–Crippen LogP) is 4.14. The van der Waals surface area contributed by atoms with Crippen molar-refractivity contribution in [1.29, 1.82) is 0 Å². The van der Waals surface area contributed by atoms with Crippen LogP contribution in [0.4, 0.5) is 5.82 Å². The van der Waals surface area contributed by atoms with Gasteiger partial charge in [-0.15, -0.1) is 11.3 Å². The molecule has 0 unspecified atom stereocenters. The van der Waals surface area contributed by atoms with E-state index in [1.54, 1.807) is 0 Å². The molecule has 8 heteroatoms. The van der Waals surface area contributed by atoms with Crippen LogP contribution < -0.4 is 4.90 Å². The summed E-state index contributed by atoms with van der Waals surface area (Å²) < 4.78 is 0. The van der Waals surface area contributed by atoms with Crippen molar-refractivity contribution >= 4 is 34.7 Å². The molecule has 150 valence electrons. The maximum Gasteiger partial charge on any atom is 0.265 e. The zero-order valence-electron chi connectivity index (χ0n) is 16.6. The highest BCUT2D eigenvalue weighted by molar-refractivity contribution is 7.17. The van der Waals surface area contributed by atoms with E-state index in [0.717, 1.165) is 46.7 Å². The van der Waals surface area contributed by atoms with Crippen molar-refractivity contribution in [3.05, 3.63) is 57.4 Å². The molecule has 1 aliphatic heterocycles. The molecule has 0 bridgehead atoms. The lowest BCUT2D eigenvalue weighted by atomic mass is 10.2. The monoisotopic (exact) mass is 427 g/mol. The second-order valence-corrected chi connectivity index (χ2v) is 8.57. The minimum absolute atomic E-state index is 0.0508. The SMILES string of the molecule is Cc1cc(N2CCN(C(=O)c3sc(-c4ccc(Cl)cc4)nc3C)CC2)nc(C)n1. The van der Waals surface area contributed by atoms with Gasteiger partial charge in [-0.25, -0.2) is 15.0 Å². The second kappa shape index (κ2) is 8.08. The van der Waals surface area contributed by atoms with E-state index in [1.165, 1.54) is 11.3 Å². The molecule has 1 fully saturated rings. The summed E-state index contributed by atoms with van der Waals surface area (Å²) in [6, 6.07) is 9.53. The van der Waals surface area contributed by atoms with Crippen LogP contribution >= 0.6 is 22.9 Å². The zero-order chi connectivity index (χ0) is 20.5. The minimum Gasteiger partial charge on any atom is -0.353 e. The number of hydrogen-bond acceptors (Lipinski definition) is 6. The number of piperazine rings is 1. The van der Waals surface area contributed by atoms with E-state index in [1.807, 2.05) is 56.0 Å². The summed E-state index contributed by atoms with van der Waals surface area (Å²) in [5, 5.41) is 1.53. The van der Waals surface area contributed by atoms with Gasteiger partial charge in [-0.05, 0) is 32.9 Å². The van der Waals surface area contributed by atoms with E-state index < -0.39 is 0 Å². The Hall–Kier alpha value is -2.51. The summed E-state index contributed by atoms with van der Waals surface area (Å²) in [5.41, 5.74) is 2.70. The Morgan fingerprint density at radius 2 is 1.69 bits per heavy atom. The summed E-state index contributed by atoms with van der Waals surface area (Å²) in [5.74, 6) is 1.75. The normalized spacial score (nSPS) is 14.3. The third-order valence-corrected chi connectivity index (χ3v) is 6.37. The van der Waals surface area contributed by atoms with Gasteiger partial charge in [0, 0.05) is 48.5 Å². The van der Waals surface area contributed by atoms with Crippen LogP contribution in [0.3, 0.4) is 0 Å². The molecule has 0 saturated carbocycles. The third-order valence-electron chi connectivity index (χ3n) is 4.93. The average Bonchev–Trinajstić information content (AvgIpc) is 3.09. The molecule has 1 aliphatic rings. The summed E-state index contributed by atoms with van der Waals surface area (Å²) in [7, 11) is 0. The maximum atomic E-state index is 13.1. The molecule has 3 aromatic rings. The first-order valence-electron chi connectivity index (χ1n) is 9.50. The van der Waals surface area contributed by atoms with Crippen molar-refractivity contribution in [3.8, 4) is 10.6 Å². The molecule has 0 spiro atoms. The lowest BCUT2D eigenvalue weighted by Gasteiger charge is -2.35. The summed E-state index contributed by atoms with van der Waals surface area (Å²) in [6.07, 6.45) is 0. The number of nitrogens with zero attached hydrogens (tertiary/aromatic N) is 5. The lowest BCUT2D eigenvalue weighted by molar-refractivity contribution is 0.0750. The van der Waals surface area contributed by atoms with Gasteiger partial charge in [-0.3, -0.25) is 4.79 Å². The first kappa shape index (κ1) is 19.8. The summed E-state index contributed by atoms with van der Waals surface area (Å²) in [4.78, 5) is 31.4. The van der Waals surface area contributed by atoms with Crippen molar-refractivity contribution in [3.63, 3.8) is 0 Å². The fourth-order valence-corrected chi connectivity index (χ4v) is 4.62. The van der Waals surface area contributed by atoms with Crippen LogP contribution in [0, 0.1) is 20.8 Å². The Morgan fingerprint density at radius 3 is 2.34 bits per heavy atom. The average molecular weight is 428 g/mol. The first-order valence-corrected chi connectivity index (χ1v) is 10.7. The van der Waals surface area contributed by atoms with Gasteiger partial charge < -0.3 is 9.80 Å². The van der Waals surface area contributed by atoms with Gasteiger partial charge in [0.05, 0.1) is 5.69 Å². The number of aromatic nitrogens is 3. The van der Waals surface area contributed by atoms with E-state index in [9.17, 15) is 4.79 Å². The molecule has 0 N–H and O–H groups in total. The Bertz CT molecular complexity index is 1020. The van der Waals surface area contributed by atoms with Crippen molar-refractivity contribution < 1.29 is 4.79 Å². The molecular weight excluding hydrogens is 406 g/mol. The molecular formula is C21H22ClN5OS. The minimum atomic E-state index is 0.0508. The topological polar surface area (TPSA) is 62.2 Å². The first-order chi connectivity index (χ1) is 13.9. The van der Waals surface area contributed by atoms with Crippen LogP contribution in [0.1, 0.15) is 26.9 Å². The van der Waals surface area contributed by atoms with Crippen LogP contribution in [0.15, 0.2) is 30.3 Å². The summed E-state index contributed by atoms with van der Waals surface area (Å²) in [6.45, 7) is 8.60. The zero-order valence-corrected chi connectivity index (χ0v) is 18.2. The molecule has 1 amide bonds. The number of aryl methyl sites for hydroxylation is 3. The van der Waals surface area contributed by atoms with E-state index >= 15 is 0 Å². The molecule has 1 saturated heterocycles. The van der Waals surface area contributed by atoms with Gasteiger partial charge in [0.1, 0.15) is 21.5 Å². The fraction of sp³-hybridized carbons (Fsp3) is 0.333. The number of hydrogen-bond donors (Lipinski definition) is 0. The number of carbonyl (C=O) groups is 1. The number of carbonyl (C=O) groups excluding carboxylic acids is 1. The molecule has 29 heavy (non-hydrogen) atoms. The van der Waals surface area contributed by atoms with Gasteiger partial charge in [0.15, 0.2) is 0 Å². The van der Waals surface area contributed by atoms with Gasteiger partial charge in [0.2, 0.25) is 0 Å². The Labute approximate surface area is 179 Å². The summed E-state index contributed by atoms with van der Waals surface area (Å²) >= 11 is 7.41. The number of amides is 1. The van der Waals surface area contributed by atoms with Crippen LogP contribution in [-0.2, 0) is 0 Å². The molecule has 0 radical (unpaired) electrons. The molecule has 0 aliphatic carbocycles.